The first-order valence-electron chi connectivity index (χ1n) is 6.16. The molecule has 0 radical (unpaired) electrons. The van der Waals surface area contributed by atoms with Crippen LogP contribution in [0.1, 0.15) is 24.0 Å². The summed E-state index contributed by atoms with van der Waals surface area (Å²) in [7, 11) is -3.68. The Labute approximate surface area is 115 Å². The van der Waals surface area contributed by atoms with Gasteiger partial charge in [-0.05, 0) is 30.5 Å². The van der Waals surface area contributed by atoms with Crippen LogP contribution in [0.4, 0.5) is 18.9 Å². The van der Waals surface area contributed by atoms with E-state index in [-0.39, 0.29) is 24.5 Å². The fraction of sp³-hybridized carbons (Fsp3) is 0.500. The van der Waals surface area contributed by atoms with E-state index in [1.807, 2.05) is 0 Å². The van der Waals surface area contributed by atoms with Gasteiger partial charge < -0.3 is 5.73 Å². The highest BCUT2D eigenvalue weighted by molar-refractivity contribution is 7.92. The van der Waals surface area contributed by atoms with Gasteiger partial charge in [0.2, 0.25) is 10.0 Å². The summed E-state index contributed by atoms with van der Waals surface area (Å²) >= 11 is 0. The number of nitrogens with zero attached hydrogens (tertiary/aromatic N) is 1. The van der Waals surface area contributed by atoms with Crippen molar-refractivity contribution in [2.75, 3.05) is 16.6 Å². The molecular formula is C12H15F3N2O2S. The number of alkyl halides is 3. The summed E-state index contributed by atoms with van der Waals surface area (Å²) in [4.78, 5) is 0. The zero-order valence-corrected chi connectivity index (χ0v) is 11.5. The highest BCUT2D eigenvalue weighted by Crippen LogP contribution is 2.39. The smallest absolute Gasteiger partial charge is 0.326 e. The summed E-state index contributed by atoms with van der Waals surface area (Å²) in [6.07, 6.45) is -3.59. The second-order valence-electron chi connectivity index (χ2n) is 4.65. The molecule has 112 valence electrons. The van der Waals surface area contributed by atoms with Gasteiger partial charge in [-0.2, -0.15) is 13.2 Å². The Morgan fingerprint density at radius 3 is 2.50 bits per heavy atom. The molecule has 0 aliphatic carbocycles. The molecule has 0 spiro atoms. The molecule has 1 saturated heterocycles. The molecule has 2 rings (SSSR count). The molecular weight excluding hydrogens is 293 g/mol. The molecule has 1 aromatic rings. The van der Waals surface area contributed by atoms with Crippen LogP contribution in [0.15, 0.2) is 18.2 Å². The summed E-state index contributed by atoms with van der Waals surface area (Å²) in [6.45, 7) is 0.0451. The van der Waals surface area contributed by atoms with Gasteiger partial charge in [-0.25, -0.2) is 8.42 Å². The third-order valence-electron chi connectivity index (χ3n) is 3.22. The molecule has 0 aromatic heterocycles. The SMILES string of the molecule is NCc1ccc(N2CCCCS2(=O)=O)c(C(F)(F)F)c1. The van der Waals surface area contributed by atoms with E-state index in [0.717, 1.165) is 10.4 Å². The highest BCUT2D eigenvalue weighted by Gasteiger charge is 2.38. The molecule has 20 heavy (non-hydrogen) atoms. The molecule has 1 aromatic carbocycles. The van der Waals surface area contributed by atoms with E-state index in [0.29, 0.717) is 18.4 Å². The van der Waals surface area contributed by atoms with E-state index < -0.39 is 21.8 Å². The van der Waals surface area contributed by atoms with Crippen LogP contribution >= 0.6 is 0 Å². The molecule has 2 N–H and O–H groups in total. The lowest BCUT2D eigenvalue weighted by molar-refractivity contribution is -0.137. The maximum atomic E-state index is 13.1. The van der Waals surface area contributed by atoms with Gasteiger partial charge in [-0.3, -0.25) is 4.31 Å². The first-order valence-corrected chi connectivity index (χ1v) is 7.77. The van der Waals surface area contributed by atoms with Gasteiger partial charge in [-0.1, -0.05) is 6.07 Å². The van der Waals surface area contributed by atoms with Gasteiger partial charge >= 0.3 is 6.18 Å². The van der Waals surface area contributed by atoms with Crippen LogP contribution in [-0.2, 0) is 22.7 Å². The molecule has 1 heterocycles. The van der Waals surface area contributed by atoms with Crippen LogP contribution in [0, 0.1) is 0 Å². The fourth-order valence-electron chi connectivity index (χ4n) is 2.21. The molecule has 0 saturated carbocycles. The topological polar surface area (TPSA) is 63.4 Å². The molecule has 1 aliphatic rings. The second kappa shape index (κ2) is 5.25. The Morgan fingerprint density at radius 1 is 1.25 bits per heavy atom. The van der Waals surface area contributed by atoms with E-state index in [1.54, 1.807) is 0 Å². The average molecular weight is 308 g/mol. The van der Waals surface area contributed by atoms with Crippen molar-refractivity contribution >= 4 is 15.7 Å². The third-order valence-corrected chi connectivity index (χ3v) is 5.08. The molecule has 0 atom stereocenters. The van der Waals surface area contributed by atoms with Crippen molar-refractivity contribution in [1.29, 1.82) is 0 Å². The molecule has 4 nitrogen and oxygen atoms in total. The minimum Gasteiger partial charge on any atom is -0.326 e. The summed E-state index contributed by atoms with van der Waals surface area (Å²) in [5.41, 5.74) is 4.40. The van der Waals surface area contributed by atoms with Gasteiger partial charge in [0.05, 0.1) is 17.0 Å². The molecule has 0 bridgehead atoms. The van der Waals surface area contributed by atoms with E-state index in [9.17, 15) is 21.6 Å². The van der Waals surface area contributed by atoms with Crippen LogP contribution in [0.2, 0.25) is 0 Å². The van der Waals surface area contributed by atoms with E-state index in [1.165, 1.54) is 12.1 Å². The summed E-state index contributed by atoms with van der Waals surface area (Å²) in [6, 6.07) is 3.53. The third kappa shape index (κ3) is 2.90. The van der Waals surface area contributed by atoms with Crippen LogP contribution < -0.4 is 10.0 Å². The molecule has 0 amide bonds. The van der Waals surface area contributed by atoms with Gasteiger partial charge in [0.1, 0.15) is 0 Å². The van der Waals surface area contributed by atoms with Crippen molar-refractivity contribution in [3.63, 3.8) is 0 Å². The second-order valence-corrected chi connectivity index (χ2v) is 6.66. The Bertz CT molecular complexity index is 599. The van der Waals surface area contributed by atoms with Gasteiger partial charge in [-0.15, -0.1) is 0 Å². The van der Waals surface area contributed by atoms with Crippen molar-refractivity contribution in [2.45, 2.75) is 25.6 Å². The van der Waals surface area contributed by atoms with Gasteiger partial charge in [0, 0.05) is 13.1 Å². The minimum absolute atomic E-state index is 0.0316. The Hall–Kier alpha value is -1.28. The van der Waals surface area contributed by atoms with Crippen LogP contribution in [0.3, 0.4) is 0 Å². The van der Waals surface area contributed by atoms with Gasteiger partial charge in [0.25, 0.3) is 0 Å². The highest BCUT2D eigenvalue weighted by atomic mass is 32.2. The summed E-state index contributed by atoms with van der Waals surface area (Å²) in [5.74, 6) is -0.122. The van der Waals surface area contributed by atoms with Crippen LogP contribution in [0.5, 0.6) is 0 Å². The van der Waals surface area contributed by atoms with E-state index in [2.05, 4.69) is 0 Å². The number of hydrogen-bond donors (Lipinski definition) is 1. The largest absolute Gasteiger partial charge is 0.418 e. The monoisotopic (exact) mass is 308 g/mol. The number of halogens is 3. The predicted octanol–water partition coefficient (Wildman–Crippen LogP) is 2.09. The Morgan fingerprint density at radius 2 is 1.95 bits per heavy atom. The van der Waals surface area contributed by atoms with Crippen molar-refractivity contribution in [2.24, 2.45) is 5.73 Å². The fourth-order valence-corrected chi connectivity index (χ4v) is 3.87. The van der Waals surface area contributed by atoms with E-state index >= 15 is 0 Å². The molecule has 1 fully saturated rings. The van der Waals surface area contributed by atoms with E-state index in [4.69, 9.17) is 5.73 Å². The molecule has 0 unspecified atom stereocenters. The summed E-state index contributed by atoms with van der Waals surface area (Å²) < 4.78 is 64.1. The van der Waals surface area contributed by atoms with Crippen molar-refractivity contribution in [1.82, 2.24) is 0 Å². The first-order chi connectivity index (χ1) is 9.25. The number of sulfonamides is 1. The average Bonchev–Trinajstić information content (AvgIpc) is 2.36. The lowest BCUT2D eigenvalue weighted by Gasteiger charge is -2.30. The zero-order valence-electron chi connectivity index (χ0n) is 10.7. The quantitative estimate of drug-likeness (QED) is 0.910. The number of anilines is 1. The van der Waals surface area contributed by atoms with Crippen molar-refractivity contribution in [3.8, 4) is 0 Å². The Balaban J connectivity index is 2.56. The summed E-state index contributed by atoms with van der Waals surface area (Å²) in [5, 5.41) is 0. The van der Waals surface area contributed by atoms with Crippen LogP contribution in [-0.4, -0.2) is 20.7 Å². The number of nitrogens with two attached hydrogens (primary N) is 1. The molecule has 1 aliphatic heterocycles. The number of rotatable bonds is 2. The lowest BCUT2D eigenvalue weighted by atomic mass is 10.1. The maximum absolute atomic E-state index is 13.1. The number of hydrogen-bond acceptors (Lipinski definition) is 3. The minimum atomic E-state index is -4.62. The first kappa shape index (κ1) is 15.1. The van der Waals surface area contributed by atoms with Crippen LogP contribution in [0.25, 0.3) is 0 Å². The number of benzene rings is 1. The maximum Gasteiger partial charge on any atom is 0.418 e. The predicted molar refractivity (Wildman–Crippen MR) is 69.7 cm³/mol. The van der Waals surface area contributed by atoms with Gasteiger partial charge in [0.15, 0.2) is 0 Å². The normalized spacial score (nSPS) is 19.1. The van der Waals surface area contributed by atoms with Crippen molar-refractivity contribution < 1.29 is 21.6 Å². The zero-order chi connectivity index (χ0) is 15.0. The Kier molecular flexibility index (Phi) is 3.97. The standard InChI is InChI=1S/C12H15F3N2O2S/c13-12(14,15)10-7-9(8-16)3-4-11(10)17-5-1-2-6-20(17,18)19/h3-4,7H,1-2,5-6,8,16H2. The van der Waals surface area contributed by atoms with Crippen molar-refractivity contribution in [3.05, 3.63) is 29.3 Å². The molecule has 8 heteroatoms. The lowest BCUT2D eigenvalue weighted by Crippen LogP contribution is -2.39.